The van der Waals surface area contributed by atoms with E-state index >= 15 is 0 Å². The van der Waals surface area contributed by atoms with Gasteiger partial charge in [0, 0.05) is 6.54 Å². The Kier molecular flexibility index (Phi) is 3.93. The minimum Gasteiger partial charge on any atom is -0.476 e. The van der Waals surface area contributed by atoms with E-state index in [0.717, 1.165) is 25.0 Å². The quantitative estimate of drug-likeness (QED) is 0.540. The van der Waals surface area contributed by atoms with Crippen molar-refractivity contribution in [1.82, 2.24) is 25.1 Å². The number of nitrogens with two attached hydrogens (primary N) is 1. The molecule has 4 N–H and O–H groups in total. The Balaban J connectivity index is 1.65. The van der Waals surface area contributed by atoms with Crippen molar-refractivity contribution in [1.29, 1.82) is 0 Å². The largest absolute Gasteiger partial charge is 0.476 e. The van der Waals surface area contributed by atoms with Crippen molar-refractivity contribution >= 4 is 17.0 Å². The van der Waals surface area contributed by atoms with Crippen LogP contribution in [0.25, 0.3) is 11.0 Å². The van der Waals surface area contributed by atoms with Gasteiger partial charge in [-0.15, -0.1) is 0 Å². The number of H-pyrrole nitrogens is 1. The van der Waals surface area contributed by atoms with Gasteiger partial charge in [0.25, 0.3) is 0 Å². The molecular weight excluding hydrogens is 258 g/mol. The number of hydrogen-bond donors (Lipinski definition) is 3. The first kappa shape index (κ1) is 13.1. The molecule has 1 saturated heterocycles. The Morgan fingerprint density at radius 2 is 2.15 bits per heavy atom. The van der Waals surface area contributed by atoms with E-state index in [1.165, 1.54) is 19.3 Å². The van der Waals surface area contributed by atoms with Gasteiger partial charge in [0.2, 0.25) is 11.8 Å². The Morgan fingerprint density at radius 1 is 1.30 bits per heavy atom. The third-order valence-corrected chi connectivity index (χ3v) is 3.50. The molecule has 2 aromatic rings. The maximum absolute atomic E-state index is 5.77. The first-order chi connectivity index (χ1) is 9.86. The Bertz CT molecular complexity index is 564. The van der Waals surface area contributed by atoms with Crippen LogP contribution in [0.15, 0.2) is 6.20 Å². The predicted molar refractivity (Wildman–Crippen MR) is 75.3 cm³/mol. The highest BCUT2D eigenvalue weighted by Gasteiger charge is 2.12. The van der Waals surface area contributed by atoms with Gasteiger partial charge in [-0.1, -0.05) is 6.42 Å². The summed E-state index contributed by atoms with van der Waals surface area (Å²) in [7, 11) is 0. The average Bonchev–Trinajstić information content (AvgIpc) is 2.96. The highest BCUT2D eigenvalue weighted by molar-refractivity contribution is 5.80. The number of hydrogen-bond acceptors (Lipinski definition) is 7. The molecule has 0 radical (unpaired) electrons. The highest BCUT2D eigenvalue weighted by atomic mass is 16.5. The summed E-state index contributed by atoms with van der Waals surface area (Å²) in [5.74, 6) is 6.17. The molecule has 8 nitrogen and oxygen atoms in total. The topological polar surface area (TPSA) is 105 Å². The number of rotatable bonds is 5. The van der Waals surface area contributed by atoms with Crippen molar-refractivity contribution in [3.8, 4) is 5.88 Å². The lowest BCUT2D eigenvalue weighted by atomic mass is 10.1. The van der Waals surface area contributed by atoms with Gasteiger partial charge in [-0.25, -0.2) is 5.84 Å². The molecule has 2 aromatic heterocycles. The van der Waals surface area contributed by atoms with Crippen LogP contribution < -0.4 is 16.0 Å². The minimum atomic E-state index is 0.315. The van der Waals surface area contributed by atoms with Gasteiger partial charge in [0.1, 0.15) is 12.0 Å². The number of ether oxygens (including phenoxy) is 1. The van der Waals surface area contributed by atoms with Crippen LogP contribution in [0.1, 0.15) is 19.3 Å². The third-order valence-electron chi connectivity index (χ3n) is 3.50. The Morgan fingerprint density at radius 3 is 2.95 bits per heavy atom. The number of aromatic nitrogens is 4. The molecule has 20 heavy (non-hydrogen) atoms. The van der Waals surface area contributed by atoms with Crippen LogP contribution >= 0.6 is 0 Å². The van der Waals surface area contributed by atoms with Crippen molar-refractivity contribution in [2.45, 2.75) is 19.3 Å². The van der Waals surface area contributed by atoms with Crippen molar-refractivity contribution in [2.75, 3.05) is 31.7 Å². The number of nitrogen functional groups attached to an aromatic ring is 1. The van der Waals surface area contributed by atoms with Crippen LogP contribution in [-0.2, 0) is 0 Å². The molecule has 3 heterocycles. The number of aromatic amines is 1. The van der Waals surface area contributed by atoms with E-state index in [1.807, 2.05) is 0 Å². The van der Waals surface area contributed by atoms with Gasteiger partial charge in [-0.05, 0) is 25.9 Å². The van der Waals surface area contributed by atoms with Crippen molar-refractivity contribution in [3.63, 3.8) is 0 Å². The second-order valence-corrected chi connectivity index (χ2v) is 4.88. The average molecular weight is 277 g/mol. The Labute approximate surface area is 116 Å². The standard InChI is InChI=1S/C12H19N7O/c13-17-12-15-10-9(8-14-18-10)11(16-12)20-7-6-19-4-2-1-3-5-19/h8H,1-7,13H2,(H2,14,15,16,17,18). The lowest BCUT2D eigenvalue weighted by Crippen LogP contribution is -2.33. The van der Waals surface area contributed by atoms with Gasteiger partial charge in [0.15, 0.2) is 5.65 Å². The highest BCUT2D eigenvalue weighted by Crippen LogP contribution is 2.21. The van der Waals surface area contributed by atoms with E-state index in [4.69, 9.17) is 10.6 Å². The second kappa shape index (κ2) is 6.02. The van der Waals surface area contributed by atoms with Crippen LogP contribution in [0.3, 0.4) is 0 Å². The van der Waals surface area contributed by atoms with Crippen molar-refractivity contribution in [3.05, 3.63) is 6.20 Å². The molecule has 0 aliphatic carbocycles. The zero-order valence-corrected chi connectivity index (χ0v) is 11.3. The lowest BCUT2D eigenvalue weighted by molar-refractivity contribution is 0.181. The van der Waals surface area contributed by atoms with Crippen LogP contribution in [0, 0.1) is 0 Å². The molecule has 1 aliphatic heterocycles. The fraction of sp³-hybridized carbons (Fsp3) is 0.583. The molecule has 0 saturated carbocycles. The van der Waals surface area contributed by atoms with Gasteiger partial charge in [-0.3, -0.25) is 15.4 Å². The summed E-state index contributed by atoms with van der Waals surface area (Å²) in [4.78, 5) is 10.8. The number of nitrogens with zero attached hydrogens (tertiary/aromatic N) is 4. The van der Waals surface area contributed by atoms with E-state index in [0.29, 0.717) is 24.1 Å². The molecule has 0 unspecified atom stereocenters. The van der Waals surface area contributed by atoms with E-state index in [2.05, 4.69) is 30.5 Å². The zero-order valence-electron chi connectivity index (χ0n) is 11.3. The molecule has 0 aromatic carbocycles. The summed E-state index contributed by atoms with van der Waals surface area (Å²) < 4.78 is 5.77. The number of hydrazine groups is 1. The maximum atomic E-state index is 5.77. The number of nitrogens with one attached hydrogen (secondary N) is 2. The molecule has 1 aliphatic rings. The van der Waals surface area contributed by atoms with Gasteiger partial charge < -0.3 is 4.74 Å². The molecular formula is C12H19N7O. The molecule has 3 rings (SSSR count). The number of likely N-dealkylation sites (tertiary alicyclic amines) is 1. The molecule has 0 spiro atoms. The fourth-order valence-corrected chi connectivity index (χ4v) is 2.44. The van der Waals surface area contributed by atoms with Crippen molar-refractivity contribution < 1.29 is 4.74 Å². The van der Waals surface area contributed by atoms with Crippen LogP contribution in [0.5, 0.6) is 5.88 Å². The minimum absolute atomic E-state index is 0.315. The zero-order chi connectivity index (χ0) is 13.8. The third kappa shape index (κ3) is 2.81. The van der Waals surface area contributed by atoms with Crippen LogP contribution in [-0.4, -0.2) is 51.3 Å². The van der Waals surface area contributed by atoms with Crippen LogP contribution in [0.4, 0.5) is 5.95 Å². The van der Waals surface area contributed by atoms with Gasteiger partial charge >= 0.3 is 0 Å². The van der Waals surface area contributed by atoms with E-state index in [1.54, 1.807) is 6.20 Å². The smallest absolute Gasteiger partial charge is 0.242 e. The predicted octanol–water partition coefficient (Wildman–Crippen LogP) is 0.503. The summed E-state index contributed by atoms with van der Waals surface area (Å²) in [5, 5.41) is 7.50. The van der Waals surface area contributed by atoms with Gasteiger partial charge in [0.05, 0.1) is 6.20 Å². The maximum Gasteiger partial charge on any atom is 0.242 e. The summed E-state index contributed by atoms with van der Waals surface area (Å²) >= 11 is 0. The molecule has 0 bridgehead atoms. The fourth-order valence-electron chi connectivity index (χ4n) is 2.44. The van der Waals surface area contributed by atoms with E-state index < -0.39 is 0 Å². The lowest BCUT2D eigenvalue weighted by Gasteiger charge is -2.26. The monoisotopic (exact) mass is 277 g/mol. The number of piperidine rings is 1. The SMILES string of the molecule is NNc1nc(OCCN2CCCCC2)c2cn[nH]c2n1. The van der Waals surface area contributed by atoms with E-state index in [-0.39, 0.29) is 0 Å². The number of fused-ring (bicyclic) bond motifs is 1. The molecule has 0 amide bonds. The van der Waals surface area contributed by atoms with Crippen LogP contribution in [0.2, 0.25) is 0 Å². The first-order valence-electron chi connectivity index (χ1n) is 6.90. The normalized spacial score (nSPS) is 16.4. The summed E-state index contributed by atoms with van der Waals surface area (Å²) in [6.45, 7) is 3.82. The summed E-state index contributed by atoms with van der Waals surface area (Å²) in [6.07, 6.45) is 5.55. The Hall–Kier alpha value is -1.93. The number of anilines is 1. The van der Waals surface area contributed by atoms with Crippen molar-refractivity contribution in [2.24, 2.45) is 5.84 Å². The summed E-state index contributed by atoms with van der Waals surface area (Å²) in [5.41, 5.74) is 3.04. The van der Waals surface area contributed by atoms with E-state index in [9.17, 15) is 0 Å². The molecule has 108 valence electrons. The molecule has 8 heteroatoms. The van der Waals surface area contributed by atoms with Gasteiger partial charge in [-0.2, -0.15) is 15.1 Å². The summed E-state index contributed by atoms with van der Waals surface area (Å²) in [6, 6.07) is 0. The second-order valence-electron chi connectivity index (χ2n) is 4.88. The first-order valence-corrected chi connectivity index (χ1v) is 6.90. The molecule has 1 fully saturated rings. The molecule has 0 atom stereocenters.